The summed E-state index contributed by atoms with van der Waals surface area (Å²) in [4.78, 5) is 25.5. The van der Waals surface area contributed by atoms with Crippen molar-refractivity contribution in [2.45, 2.75) is 6.42 Å². The maximum absolute atomic E-state index is 11.8. The summed E-state index contributed by atoms with van der Waals surface area (Å²) in [5, 5.41) is 0. The third-order valence-corrected chi connectivity index (χ3v) is 3.01. The molecular weight excluding hydrogens is 256 g/mol. The summed E-state index contributed by atoms with van der Waals surface area (Å²) in [5.74, 6) is 0.639. The Hall–Kier alpha value is -2.67. The number of nitrogens with zero attached hydrogens (tertiary/aromatic N) is 2. The zero-order valence-electron chi connectivity index (χ0n) is 10.7. The summed E-state index contributed by atoms with van der Waals surface area (Å²) in [6.07, 6.45) is 0.792. The van der Waals surface area contributed by atoms with Gasteiger partial charge in [-0.3, -0.25) is 9.78 Å². The van der Waals surface area contributed by atoms with Crippen LogP contribution in [0.1, 0.15) is 5.56 Å². The Labute approximate surface area is 114 Å². The standard InChI is InChI=1S/C13H14N6O/c14-5-4-7-2-1-3-8(6-7)10-16-9-11(17-10)18-13(15)19-12(9)20/h1-3,6H,4-5,14H2,(H4,15,16,17,18,19,20). The van der Waals surface area contributed by atoms with E-state index in [9.17, 15) is 4.79 Å². The second-order valence-electron chi connectivity index (χ2n) is 4.47. The highest BCUT2D eigenvalue weighted by atomic mass is 16.1. The lowest BCUT2D eigenvalue weighted by Gasteiger charge is -2.01. The first-order chi connectivity index (χ1) is 9.67. The molecule has 3 rings (SSSR count). The summed E-state index contributed by atoms with van der Waals surface area (Å²) in [7, 11) is 0. The van der Waals surface area contributed by atoms with Crippen molar-refractivity contribution in [1.29, 1.82) is 0 Å². The van der Waals surface area contributed by atoms with Crippen molar-refractivity contribution in [2.24, 2.45) is 5.73 Å². The van der Waals surface area contributed by atoms with E-state index in [1.807, 2.05) is 24.3 Å². The number of nitrogen functional groups attached to an aromatic ring is 1. The molecule has 0 amide bonds. The Kier molecular flexibility index (Phi) is 2.96. The van der Waals surface area contributed by atoms with Gasteiger partial charge in [-0.15, -0.1) is 0 Å². The minimum absolute atomic E-state index is 0.0532. The van der Waals surface area contributed by atoms with E-state index in [0.717, 1.165) is 17.5 Å². The number of hydrogen-bond acceptors (Lipinski definition) is 5. The number of fused-ring (bicyclic) bond motifs is 1. The molecule has 6 N–H and O–H groups in total. The SMILES string of the molecule is NCCc1cccc(-c2nc3nc(N)[nH]c(=O)c3[nH]2)c1. The molecular formula is C13H14N6O. The van der Waals surface area contributed by atoms with Gasteiger partial charge in [0.15, 0.2) is 11.2 Å². The molecule has 0 aliphatic carbocycles. The molecule has 0 fully saturated rings. The molecule has 2 heterocycles. The maximum atomic E-state index is 11.8. The molecule has 0 saturated carbocycles. The van der Waals surface area contributed by atoms with Crippen molar-refractivity contribution in [1.82, 2.24) is 19.9 Å². The number of rotatable bonds is 3. The molecule has 7 nitrogen and oxygen atoms in total. The van der Waals surface area contributed by atoms with Crippen LogP contribution >= 0.6 is 0 Å². The lowest BCUT2D eigenvalue weighted by molar-refractivity contribution is 0.969. The first-order valence-electron chi connectivity index (χ1n) is 6.22. The van der Waals surface area contributed by atoms with Gasteiger partial charge in [-0.1, -0.05) is 18.2 Å². The summed E-state index contributed by atoms with van der Waals surface area (Å²) in [6.45, 7) is 0.585. The monoisotopic (exact) mass is 270 g/mol. The molecule has 0 spiro atoms. The van der Waals surface area contributed by atoms with Gasteiger partial charge in [-0.2, -0.15) is 4.98 Å². The van der Waals surface area contributed by atoms with Crippen LogP contribution in [0.4, 0.5) is 5.95 Å². The summed E-state index contributed by atoms with van der Waals surface area (Å²) < 4.78 is 0. The second-order valence-corrected chi connectivity index (χ2v) is 4.47. The maximum Gasteiger partial charge on any atom is 0.278 e. The van der Waals surface area contributed by atoms with Gasteiger partial charge < -0.3 is 16.5 Å². The largest absolute Gasteiger partial charge is 0.369 e. The van der Waals surface area contributed by atoms with Crippen LogP contribution in [0.25, 0.3) is 22.6 Å². The van der Waals surface area contributed by atoms with Crippen molar-refractivity contribution in [3.8, 4) is 11.4 Å². The number of aromatic amines is 2. The van der Waals surface area contributed by atoms with Crippen molar-refractivity contribution < 1.29 is 0 Å². The summed E-state index contributed by atoms with van der Waals surface area (Å²) in [5.41, 5.74) is 13.4. The van der Waals surface area contributed by atoms with E-state index in [4.69, 9.17) is 11.5 Å². The number of hydrogen-bond donors (Lipinski definition) is 4. The Bertz CT molecular complexity index is 819. The van der Waals surface area contributed by atoms with E-state index < -0.39 is 0 Å². The van der Waals surface area contributed by atoms with Crippen LogP contribution in [0.3, 0.4) is 0 Å². The molecule has 20 heavy (non-hydrogen) atoms. The minimum atomic E-state index is -0.329. The number of nitrogens with two attached hydrogens (primary N) is 2. The van der Waals surface area contributed by atoms with Gasteiger partial charge in [0.25, 0.3) is 5.56 Å². The number of benzene rings is 1. The molecule has 2 aromatic heterocycles. The fourth-order valence-electron chi connectivity index (χ4n) is 2.10. The van der Waals surface area contributed by atoms with Crippen molar-refractivity contribution in [3.05, 3.63) is 40.2 Å². The Balaban J connectivity index is 2.12. The van der Waals surface area contributed by atoms with Gasteiger partial charge in [-0.05, 0) is 24.6 Å². The molecule has 0 unspecified atom stereocenters. The van der Waals surface area contributed by atoms with Gasteiger partial charge in [0, 0.05) is 5.56 Å². The molecule has 0 atom stereocenters. The third-order valence-electron chi connectivity index (χ3n) is 3.01. The first-order valence-corrected chi connectivity index (χ1v) is 6.22. The number of imidazole rings is 1. The van der Waals surface area contributed by atoms with Crippen LogP contribution in [0.15, 0.2) is 29.1 Å². The zero-order valence-corrected chi connectivity index (χ0v) is 10.7. The van der Waals surface area contributed by atoms with Crippen molar-refractivity contribution in [3.63, 3.8) is 0 Å². The van der Waals surface area contributed by atoms with Gasteiger partial charge in [-0.25, -0.2) is 4.98 Å². The predicted molar refractivity (Wildman–Crippen MR) is 77.1 cm³/mol. The number of nitrogens with one attached hydrogen (secondary N) is 2. The van der Waals surface area contributed by atoms with Gasteiger partial charge in [0.05, 0.1) is 0 Å². The molecule has 102 valence electrons. The Morgan fingerprint density at radius 3 is 2.85 bits per heavy atom. The second kappa shape index (κ2) is 4.78. The van der Waals surface area contributed by atoms with E-state index in [2.05, 4.69) is 19.9 Å². The fraction of sp³-hybridized carbons (Fsp3) is 0.154. The third kappa shape index (κ3) is 2.14. The molecule has 1 aromatic carbocycles. The molecule has 7 heteroatoms. The van der Waals surface area contributed by atoms with E-state index >= 15 is 0 Å². The van der Waals surface area contributed by atoms with E-state index in [1.54, 1.807) is 0 Å². The fourth-order valence-corrected chi connectivity index (χ4v) is 2.10. The minimum Gasteiger partial charge on any atom is -0.369 e. The normalized spacial score (nSPS) is 11.1. The number of H-pyrrole nitrogens is 2. The number of aromatic nitrogens is 4. The average Bonchev–Trinajstić information content (AvgIpc) is 2.83. The van der Waals surface area contributed by atoms with E-state index in [1.165, 1.54) is 0 Å². The summed E-state index contributed by atoms with van der Waals surface area (Å²) >= 11 is 0. The molecule has 0 aliphatic heterocycles. The predicted octanol–water partition coefficient (Wildman–Crippen LogP) is 0.397. The quantitative estimate of drug-likeness (QED) is 0.548. The van der Waals surface area contributed by atoms with E-state index in [0.29, 0.717) is 23.5 Å². The Morgan fingerprint density at radius 2 is 2.05 bits per heavy atom. The van der Waals surface area contributed by atoms with Crippen LogP contribution in [0, 0.1) is 0 Å². The van der Waals surface area contributed by atoms with Crippen LogP contribution in [-0.2, 0) is 6.42 Å². The van der Waals surface area contributed by atoms with E-state index in [-0.39, 0.29) is 11.5 Å². The van der Waals surface area contributed by atoms with Gasteiger partial charge in [0.1, 0.15) is 5.82 Å². The topological polar surface area (TPSA) is 126 Å². The first kappa shape index (κ1) is 12.4. The molecule has 0 saturated heterocycles. The lowest BCUT2D eigenvalue weighted by atomic mass is 10.1. The van der Waals surface area contributed by atoms with Crippen LogP contribution in [0.2, 0.25) is 0 Å². The molecule has 0 aliphatic rings. The molecule has 0 radical (unpaired) electrons. The zero-order chi connectivity index (χ0) is 14.1. The highest BCUT2D eigenvalue weighted by molar-refractivity contribution is 5.75. The van der Waals surface area contributed by atoms with Gasteiger partial charge in [0.2, 0.25) is 5.95 Å². The van der Waals surface area contributed by atoms with Crippen molar-refractivity contribution >= 4 is 17.1 Å². The van der Waals surface area contributed by atoms with Crippen LogP contribution in [0.5, 0.6) is 0 Å². The summed E-state index contributed by atoms with van der Waals surface area (Å²) in [6, 6.07) is 7.83. The Morgan fingerprint density at radius 1 is 1.20 bits per heavy atom. The van der Waals surface area contributed by atoms with Gasteiger partial charge >= 0.3 is 0 Å². The lowest BCUT2D eigenvalue weighted by Crippen LogP contribution is -2.10. The van der Waals surface area contributed by atoms with Crippen LogP contribution in [-0.4, -0.2) is 26.5 Å². The number of anilines is 1. The highest BCUT2D eigenvalue weighted by Crippen LogP contribution is 2.19. The highest BCUT2D eigenvalue weighted by Gasteiger charge is 2.10. The smallest absolute Gasteiger partial charge is 0.278 e. The molecule has 0 bridgehead atoms. The van der Waals surface area contributed by atoms with Crippen LogP contribution < -0.4 is 17.0 Å². The average molecular weight is 270 g/mol. The van der Waals surface area contributed by atoms with Crippen molar-refractivity contribution in [2.75, 3.05) is 12.3 Å². The molecule has 3 aromatic rings.